The van der Waals surface area contributed by atoms with Crippen LogP contribution in [0.3, 0.4) is 0 Å². The Kier molecular flexibility index (Phi) is 44.2. The van der Waals surface area contributed by atoms with Crippen LogP contribution in [0.15, 0.2) is 0 Å². The number of hydrogen-bond donors (Lipinski definition) is 0. The largest absolute Gasteiger partial charge is 0.462 e. The van der Waals surface area contributed by atoms with E-state index in [4.69, 9.17) is 14.2 Å². The molecule has 0 saturated carbocycles. The van der Waals surface area contributed by atoms with Gasteiger partial charge in [0.25, 0.3) is 0 Å². The predicted octanol–water partition coefficient (Wildman–Crippen LogP) is 16.3. The summed E-state index contributed by atoms with van der Waals surface area (Å²) in [6, 6.07) is 0. The molecule has 0 fully saturated rings. The second-order valence-electron chi connectivity index (χ2n) is 17.9. The molecule has 0 heterocycles. The van der Waals surface area contributed by atoms with Gasteiger partial charge in [-0.15, -0.1) is 0 Å². The van der Waals surface area contributed by atoms with Gasteiger partial charge in [-0.25, -0.2) is 0 Å². The molecule has 0 rings (SSSR count). The topological polar surface area (TPSA) is 78.9 Å². The van der Waals surface area contributed by atoms with Crippen LogP contribution in [0.5, 0.6) is 0 Å². The Hall–Kier alpha value is -1.59. The highest BCUT2D eigenvalue weighted by Crippen LogP contribution is 2.17. The lowest BCUT2D eigenvalue weighted by Gasteiger charge is -2.18. The van der Waals surface area contributed by atoms with E-state index in [9.17, 15) is 14.4 Å². The lowest BCUT2D eigenvalue weighted by molar-refractivity contribution is -0.167. The molecule has 0 aromatic rings. The van der Waals surface area contributed by atoms with Crippen molar-refractivity contribution in [1.82, 2.24) is 0 Å². The average molecular weight is 807 g/mol. The molecule has 0 aromatic carbocycles. The van der Waals surface area contributed by atoms with Crippen LogP contribution in [0.4, 0.5) is 0 Å². The second-order valence-corrected chi connectivity index (χ2v) is 17.9. The number of ether oxygens (including phenoxy) is 3. The zero-order valence-electron chi connectivity index (χ0n) is 38.8. The van der Waals surface area contributed by atoms with E-state index in [1.54, 1.807) is 0 Å². The number of esters is 3. The van der Waals surface area contributed by atoms with Crippen molar-refractivity contribution < 1.29 is 28.6 Å². The first kappa shape index (κ1) is 55.4. The van der Waals surface area contributed by atoms with Crippen LogP contribution in [0, 0.1) is 5.92 Å². The van der Waals surface area contributed by atoms with E-state index < -0.39 is 6.10 Å². The average Bonchev–Trinajstić information content (AvgIpc) is 3.19. The molecule has 0 radical (unpaired) electrons. The third-order valence-corrected chi connectivity index (χ3v) is 11.5. The van der Waals surface area contributed by atoms with Crippen molar-refractivity contribution in [3.63, 3.8) is 0 Å². The monoisotopic (exact) mass is 807 g/mol. The van der Waals surface area contributed by atoms with Gasteiger partial charge in [-0.05, 0) is 25.2 Å². The molecule has 57 heavy (non-hydrogen) atoms. The number of unbranched alkanes of at least 4 members (excludes halogenated alkanes) is 33. The van der Waals surface area contributed by atoms with Crippen molar-refractivity contribution in [2.45, 2.75) is 291 Å². The van der Waals surface area contributed by atoms with Gasteiger partial charge < -0.3 is 14.2 Å². The Morgan fingerprint density at radius 1 is 0.333 bits per heavy atom. The highest BCUT2D eigenvalue weighted by Gasteiger charge is 2.19. The Balaban J connectivity index is 4.11. The molecule has 0 spiro atoms. The molecule has 0 aromatic heterocycles. The summed E-state index contributed by atoms with van der Waals surface area (Å²) in [7, 11) is 0. The summed E-state index contributed by atoms with van der Waals surface area (Å²) in [6.45, 7) is 8.96. The third-order valence-electron chi connectivity index (χ3n) is 11.5. The summed E-state index contributed by atoms with van der Waals surface area (Å²) in [5.74, 6) is -0.0120. The lowest BCUT2D eigenvalue weighted by atomic mass is 10.0. The Morgan fingerprint density at radius 2 is 0.579 bits per heavy atom. The molecule has 338 valence electrons. The fourth-order valence-electron chi connectivity index (χ4n) is 7.69. The molecule has 6 nitrogen and oxygen atoms in total. The van der Waals surface area contributed by atoms with Gasteiger partial charge in [-0.1, -0.05) is 246 Å². The second kappa shape index (κ2) is 45.5. The maximum Gasteiger partial charge on any atom is 0.306 e. The van der Waals surface area contributed by atoms with E-state index in [-0.39, 0.29) is 31.1 Å². The molecule has 6 heteroatoms. The highest BCUT2D eigenvalue weighted by atomic mass is 16.6. The van der Waals surface area contributed by atoms with E-state index in [1.165, 1.54) is 173 Å². The first-order valence-electron chi connectivity index (χ1n) is 25.4. The highest BCUT2D eigenvalue weighted by molar-refractivity contribution is 5.71. The molecule has 0 N–H and O–H groups in total. The van der Waals surface area contributed by atoms with E-state index in [2.05, 4.69) is 27.7 Å². The number of rotatable bonds is 46. The normalized spacial score (nSPS) is 11.9. The molecule has 0 amide bonds. The van der Waals surface area contributed by atoms with Crippen molar-refractivity contribution in [2.24, 2.45) is 5.92 Å². The first-order valence-corrected chi connectivity index (χ1v) is 25.4. The van der Waals surface area contributed by atoms with E-state index in [0.29, 0.717) is 19.3 Å². The van der Waals surface area contributed by atoms with Crippen LogP contribution in [0.2, 0.25) is 0 Å². The van der Waals surface area contributed by atoms with Gasteiger partial charge >= 0.3 is 17.9 Å². The minimum Gasteiger partial charge on any atom is -0.462 e. The molecule has 1 atom stereocenters. The quantitative estimate of drug-likeness (QED) is 0.0346. The van der Waals surface area contributed by atoms with Crippen LogP contribution in [0.25, 0.3) is 0 Å². The van der Waals surface area contributed by atoms with Gasteiger partial charge in [-0.3, -0.25) is 14.4 Å². The number of hydrogen-bond acceptors (Lipinski definition) is 6. The summed E-state index contributed by atoms with van der Waals surface area (Å²) >= 11 is 0. The molecular weight excluding hydrogens is 709 g/mol. The van der Waals surface area contributed by atoms with Crippen LogP contribution in [0.1, 0.15) is 285 Å². The van der Waals surface area contributed by atoms with Gasteiger partial charge in [0.1, 0.15) is 13.2 Å². The summed E-state index contributed by atoms with van der Waals surface area (Å²) in [6.07, 6.45) is 46.9. The van der Waals surface area contributed by atoms with Gasteiger partial charge in [-0.2, -0.15) is 0 Å². The fourth-order valence-corrected chi connectivity index (χ4v) is 7.69. The molecule has 0 unspecified atom stereocenters. The van der Waals surface area contributed by atoms with Crippen LogP contribution >= 0.6 is 0 Å². The smallest absolute Gasteiger partial charge is 0.306 e. The molecule has 0 aliphatic rings. The van der Waals surface area contributed by atoms with Gasteiger partial charge in [0.2, 0.25) is 0 Å². The van der Waals surface area contributed by atoms with Gasteiger partial charge in [0.05, 0.1) is 0 Å². The Morgan fingerprint density at radius 3 is 0.860 bits per heavy atom. The molecular formula is C51H98O6. The molecule has 0 aliphatic heterocycles. The van der Waals surface area contributed by atoms with E-state index >= 15 is 0 Å². The van der Waals surface area contributed by atoms with Gasteiger partial charge in [0, 0.05) is 19.3 Å². The fraction of sp³-hybridized carbons (Fsp3) is 0.941. The van der Waals surface area contributed by atoms with Crippen LogP contribution in [-0.4, -0.2) is 37.2 Å². The predicted molar refractivity (Wildman–Crippen MR) is 243 cm³/mol. The Bertz CT molecular complexity index is 857. The van der Waals surface area contributed by atoms with Crippen molar-refractivity contribution in [3.05, 3.63) is 0 Å². The van der Waals surface area contributed by atoms with Crippen molar-refractivity contribution in [2.75, 3.05) is 13.2 Å². The first-order chi connectivity index (χ1) is 27.9. The van der Waals surface area contributed by atoms with Crippen LogP contribution in [-0.2, 0) is 28.6 Å². The summed E-state index contributed by atoms with van der Waals surface area (Å²) < 4.78 is 16.7. The molecule has 0 saturated heterocycles. The lowest BCUT2D eigenvalue weighted by Crippen LogP contribution is -2.30. The zero-order chi connectivity index (χ0) is 41.7. The minimum atomic E-state index is -0.758. The van der Waals surface area contributed by atoms with Crippen molar-refractivity contribution in [1.29, 1.82) is 0 Å². The van der Waals surface area contributed by atoms with E-state index in [1.807, 2.05) is 0 Å². The zero-order valence-corrected chi connectivity index (χ0v) is 38.8. The summed E-state index contributed by atoms with van der Waals surface area (Å²) in [5, 5.41) is 0. The summed E-state index contributed by atoms with van der Waals surface area (Å²) in [5.41, 5.74) is 0. The Labute approximate surface area is 355 Å². The van der Waals surface area contributed by atoms with Crippen molar-refractivity contribution >= 4 is 17.9 Å². The number of carbonyl (C=O) groups is 3. The molecule has 0 bridgehead atoms. The van der Waals surface area contributed by atoms with Crippen LogP contribution < -0.4 is 0 Å². The number of carbonyl (C=O) groups excluding carboxylic acids is 3. The third kappa shape index (κ3) is 45.3. The SMILES string of the molecule is CCCCCCCCCCCCCCCCCCC(=O)OC[C@@H](COC(=O)CCCCCCC)OC(=O)CCCCCCCCCCCCCCCCCC(C)C. The maximum atomic E-state index is 12.7. The summed E-state index contributed by atoms with van der Waals surface area (Å²) in [4.78, 5) is 37.6. The minimum absolute atomic E-state index is 0.0638. The standard InChI is InChI=1S/C51H98O6/c1-5-7-9-11-12-13-14-15-16-19-22-25-28-31-35-39-43-50(53)56-46-48(45-55-49(52)42-38-33-10-8-6-2)57-51(54)44-40-36-32-29-26-23-20-17-18-21-24-27-30-34-37-41-47(3)4/h47-48H,5-46H2,1-4H3/t48-/m1/s1. The van der Waals surface area contributed by atoms with Gasteiger partial charge in [0.15, 0.2) is 6.10 Å². The van der Waals surface area contributed by atoms with E-state index in [0.717, 1.165) is 70.1 Å². The maximum absolute atomic E-state index is 12.7. The molecule has 0 aliphatic carbocycles. The van der Waals surface area contributed by atoms with Crippen molar-refractivity contribution in [3.8, 4) is 0 Å².